The Balaban J connectivity index is 2.18. The van der Waals surface area contributed by atoms with Crippen LogP contribution in [0.5, 0.6) is 5.75 Å². The number of benzene rings is 2. The van der Waals surface area contributed by atoms with E-state index in [4.69, 9.17) is 11.6 Å². The van der Waals surface area contributed by atoms with Gasteiger partial charge in [-0.25, -0.2) is 0 Å². The molecule has 0 fully saturated rings. The summed E-state index contributed by atoms with van der Waals surface area (Å²) in [6.45, 7) is 0. The predicted octanol–water partition coefficient (Wildman–Crippen LogP) is 3.11. The van der Waals surface area contributed by atoms with Gasteiger partial charge in [0.05, 0.1) is 5.56 Å². The van der Waals surface area contributed by atoms with Crippen LogP contribution in [-0.4, -0.2) is 17.3 Å². The molecule has 0 saturated heterocycles. The molecule has 2 rings (SSSR count). The van der Waals surface area contributed by atoms with Gasteiger partial charge >= 0.3 is 0 Å². The highest BCUT2D eigenvalue weighted by molar-refractivity contribution is 6.31. The molecular formula is C14H10ClNO3. The van der Waals surface area contributed by atoms with Gasteiger partial charge in [0.15, 0.2) is 0 Å². The summed E-state index contributed by atoms with van der Waals surface area (Å²) in [5, 5.41) is 12.6. The predicted molar refractivity (Wildman–Crippen MR) is 72.9 cm³/mol. The van der Waals surface area contributed by atoms with E-state index in [1.54, 1.807) is 24.3 Å². The number of carbonyl (C=O) groups is 2. The molecule has 1 amide bonds. The Bertz CT molecular complexity index is 623. The van der Waals surface area contributed by atoms with Crippen LogP contribution in [0.25, 0.3) is 0 Å². The zero-order valence-corrected chi connectivity index (χ0v) is 10.5. The minimum absolute atomic E-state index is 0.129. The fraction of sp³-hybridized carbons (Fsp3) is 0. The second kappa shape index (κ2) is 5.54. The van der Waals surface area contributed by atoms with Gasteiger partial charge in [0, 0.05) is 16.3 Å². The van der Waals surface area contributed by atoms with E-state index in [9.17, 15) is 14.7 Å². The van der Waals surface area contributed by atoms with Gasteiger partial charge < -0.3 is 10.4 Å². The van der Waals surface area contributed by atoms with Crippen molar-refractivity contribution in [1.82, 2.24) is 0 Å². The van der Waals surface area contributed by atoms with Crippen LogP contribution in [0.3, 0.4) is 0 Å². The Morgan fingerprint density at radius 2 is 1.84 bits per heavy atom. The second-order valence-electron chi connectivity index (χ2n) is 3.86. The lowest BCUT2D eigenvalue weighted by Crippen LogP contribution is -2.12. The standard InChI is InChI=1S/C14H10ClNO3/c15-10-3-6-12(13(18)7-10)14(19)16-11-4-1-9(8-17)2-5-11/h1-8,18H,(H,16,19). The maximum Gasteiger partial charge on any atom is 0.259 e. The first kappa shape index (κ1) is 13.1. The largest absolute Gasteiger partial charge is 0.507 e. The Morgan fingerprint density at radius 1 is 1.16 bits per heavy atom. The molecule has 0 aromatic heterocycles. The molecule has 0 spiro atoms. The molecule has 0 aliphatic carbocycles. The SMILES string of the molecule is O=Cc1ccc(NC(=O)c2ccc(Cl)cc2O)cc1. The number of phenolic OH excluding ortho intramolecular Hbond substituents is 1. The third-order valence-electron chi connectivity index (χ3n) is 2.51. The van der Waals surface area contributed by atoms with Crippen LogP contribution >= 0.6 is 11.6 Å². The molecule has 4 nitrogen and oxygen atoms in total. The number of aldehydes is 1. The fourth-order valence-corrected chi connectivity index (χ4v) is 1.71. The Kier molecular flexibility index (Phi) is 3.82. The number of anilines is 1. The average molecular weight is 276 g/mol. The summed E-state index contributed by atoms with van der Waals surface area (Å²) in [4.78, 5) is 22.4. The second-order valence-corrected chi connectivity index (χ2v) is 4.29. The highest BCUT2D eigenvalue weighted by atomic mass is 35.5. The van der Waals surface area contributed by atoms with Crippen LogP contribution in [0.4, 0.5) is 5.69 Å². The molecule has 2 aromatic carbocycles. The zero-order chi connectivity index (χ0) is 13.8. The van der Waals surface area contributed by atoms with Crippen LogP contribution in [0.15, 0.2) is 42.5 Å². The van der Waals surface area contributed by atoms with Gasteiger partial charge in [0.2, 0.25) is 0 Å². The van der Waals surface area contributed by atoms with Crippen molar-refractivity contribution in [2.45, 2.75) is 0 Å². The van der Waals surface area contributed by atoms with Gasteiger partial charge in [0.25, 0.3) is 5.91 Å². The van der Waals surface area contributed by atoms with Crippen molar-refractivity contribution in [3.63, 3.8) is 0 Å². The van der Waals surface area contributed by atoms with Crippen molar-refractivity contribution < 1.29 is 14.7 Å². The third-order valence-corrected chi connectivity index (χ3v) is 2.74. The Labute approximate surface area is 114 Å². The highest BCUT2D eigenvalue weighted by Gasteiger charge is 2.11. The summed E-state index contributed by atoms with van der Waals surface area (Å²) in [6.07, 6.45) is 0.719. The topological polar surface area (TPSA) is 66.4 Å². The number of halogens is 1. The summed E-state index contributed by atoms with van der Waals surface area (Å²) in [7, 11) is 0. The Morgan fingerprint density at radius 3 is 2.42 bits per heavy atom. The summed E-state index contributed by atoms with van der Waals surface area (Å²) in [5.41, 5.74) is 1.18. The van der Waals surface area contributed by atoms with Gasteiger partial charge in [-0.2, -0.15) is 0 Å². The quantitative estimate of drug-likeness (QED) is 0.846. The van der Waals surface area contributed by atoms with Crippen LogP contribution < -0.4 is 5.32 Å². The molecule has 0 saturated carbocycles. The van der Waals surface area contributed by atoms with Crippen molar-refractivity contribution >= 4 is 29.5 Å². The van der Waals surface area contributed by atoms with Crippen molar-refractivity contribution in [1.29, 1.82) is 0 Å². The van der Waals surface area contributed by atoms with Crippen LogP contribution in [0, 0.1) is 0 Å². The fourth-order valence-electron chi connectivity index (χ4n) is 1.54. The van der Waals surface area contributed by atoms with Crippen LogP contribution in [0.1, 0.15) is 20.7 Å². The molecule has 96 valence electrons. The number of carbonyl (C=O) groups excluding carboxylic acids is 2. The number of rotatable bonds is 3. The molecule has 0 aliphatic heterocycles. The zero-order valence-electron chi connectivity index (χ0n) is 9.76. The summed E-state index contributed by atoms with van der Waals surface area (Å²) in [6, 6.07) is 10.6. The first-order valence-corrected chi connectivity index (χ1v) is 5.83. The Hall–Kier alpha value is -2.33. The van der Waals surface area contributed by atoms with Crippen LogP contribution in [-0.2, 0) is 0 Å². The summed E-state index contributed by atoms with van der Waals surface area (Å²) >= 11 is 5.69. The molecule has 0 radical (unpaired) electrons. The average Bonchev–Trinajstić information content (AvgIpc) is 2.39. The van der Waals surface area contributed by atoms with Crippen molar-refractivity contribution in [2.24, 2.45) is 0 Å². The molecule has 0 atom stereocenters. The van der Waals surface area contributed by atoms with E-state index >= 15 is 0 Å². The van der Waals surface area contributed by atoms with E-state index in [1.807, 2.05) is 0 Å². The number of nitrogens with one attached hydrogen (secondary N) is 1. The molecule has 0 heterocycles. The smallest absolute Gasteiger partial charge is 0.259 e. The number of hydrogen-bond donors (Lipinski definition) is 2. The van der Waals surface area contributed by atoms with Gasteiger partial charge in [-0.3, -0.25) is 9.59 Å². The van der Waals surface area contributed by atoms with Gasteiger partial charge in [-0.05, 0) is 42.5 Å². The number of hydrogen-bond acceptors (Lipinski definition) is 3. The van der Waals surface area contributed by atoms with Crippen molar-refractivity contribution in [3.8, 4) is 5.75 Å². The van der Waals surface area contributed by atoms with Crippen molar-refractivity contribution in [3.05, 3.63) is 58.6 Å². The third kappa shape index (κ3) is 3.11. The molecule has 0 aliphatic rings. The van der Waals surface area contributed by atoms with Gasteiger partial charge in [0.1, 0.15) is 12.0 Å². The first-order chi connectivity index (χ1) is 9.10. The number of aromatic hydroxyl groups is 1. The minimum atomic E-state index is -0.451. The number of amides is 1. The van der Waals surface area contributed by atoms with E-state index < -0.39 is 5.91 Å². The minimum Gasteiger partial charge on any atom is -0.507 e. The van der Waals surface area contributed by atoms with E-state index in [-0.39, 0.29) is 11.3 Å². The lowest BCUT2D eigenvalue weighted by Gasteiger charge is -2.07. The van der Waals surface area contributed by atoms with E-state index in [0.717, 1.165) is 6.29 Å². The van der Waals surface area contributed by atoms with Crippen molar-refractivity contribution in [2.75, 3.05) is 5.32 Å². The maximum absolute atomic E-state index is 11.9. The summed E-state index contributed by atoms with van der Waals surface area (Å²) in [5.74, 6) is -0.637. The normalized spacial score (nSPS) is 9.95. The lowest BCUT2D eigenvalue weighted by molar-refractivity contribution is 0.102. The highest BCUT2D eigenvalue weighted by Crippen LogP contribution is 2.22. The molecule has 2 N–H and O–H groups in total. The molecule has 0 bridgehead atoms. The van der Waals surface area contributed by atoms with Gasteiger partial charge in [-0.1, -0.05) is 11.6 Å². The molecule has 0 unspecified atom stereocenters. The molecule has 5 heteroatoms. The lowest BCUT2D eigenvalue weighted by atomic mass is 10.1. The first-order valence-electron chi connectivity index (χ1n) is 5.45. The monoisotopic (exact) mass is 275 g/mol. The summed E-state index contributed by atoms with van der Waals surface area (Å²) < 4.78 is 0. The molecule has 19 heavy (non-hydrogen) atoms. The van der Waals surface area contributed by atoms with Crippen LogP contribution in [0.2, 0.25) is 5.02 Å². The number of phenols is 1. The maximum atomic E-state index is 11.9. The van der Waals surface area contributed by atoms with E-state index in [2.05, 4.69) is 5.32 Å². The van der Waals surface area contributed by atoms with E-state index in [0.29, 0.717) is 16.3 Å². The molecular weight excluding hydrogens is 266 g/mol. The molecule has 2 aromatic rings. The van der Waals surface area contributed by atoms with E-state index in [1.165, 1.54) is 18.2 Å². The van der Waals surface area contributed by atoms with Gasteiger partial charge in [-0.15, -0.1) is 0 Å².